The highest BCUT2D eigenvalue weighted by Crippen LogP contribution is 2.27. The van der Waals surface area contributed by atoms with Gasteiger partial charge in [-0.2, -0.15) is 0 Å². The number of ether oxygens (including phenoxy) is 1. The second-order valence-electron chi connectivity index (χ2n) is 5.65. The molecular formula is C17H18BrN3O3. The molecule has 1 aliphatic rings. The van der Waals surface area contributed by atoms with Gasteiger partial charge in [0.05, 0.1) is 13.2 Å². The second kappa shape index (κ2) is 7.19. The van der Waals surface area contributed by atoms with Gasteiger partial charge < -0.3 is 20.1 Å². The number of carbonyl (C=O) groups is 1. The number of benzene rings is 1. The summed E-state index contributed by atoms with van der Waals surface area (Å²) in [6.45, 7) is 3.19. The monoisotopic (exact) mass is 391 g/mol. The highest BCUT2D eigenvalue weighted by atomic mass is 79.9. The van der Waals surface area contributed by atoms with Gasteiger partial charge in [0.2, 0.25) is 0 Å². The van der Waals surface area contributed by atoms with Gasteiger partial charge in [-0.25, -0.2) is 9.78 Å². The van der Waals surface area contributed by atoms with E-state index in [4.69, 9.17) is 9.84 Å². The van der Waals surface area contributed by atoms with Crippen LogP contribution in [0.15, 0.2) is 41.0 Å². The molecule has 1 aromatic heterocycles. The average molecular weight is 392 g/mol. The Bertz CT molecular complexity index is 736. The van der Waals surface area contributed by atoms with Gasteiger partial charge >= 0.3 is 6.09 Å². The van der Waals surface area contributed by atoms with Crippen LogP contribution >= 0.6 is 15.9 Å². The first kappa shape index (κ1) is 16.7. The predicted molar refractivity (Wildman–Crippen MR) is 94.7 cm³/mol. The van der Waals surface area contributed by atoms with Crippen LogP contribution < -0.4 is 5.32 Å². The molecule has 3 rings (SSSR count). The van der Waals surface area contributed by atoms with Crippen LogP contribution in [0.5, 0.6) is 0 Å². The standard InChI is InChI=1S/C17H18BrN3O3/c1-11-8-12(15-10-21(17(22)23)6-7-24-15)2-4-14(11)20-16-5-3-13(18)9-19-16/h2-5,8-9,15H,6-7,10H2,1H3,(H,19,20)(H,22,23). The number of hydrogen-bond donors (Lipinski definition) is 2. The summed E-state index contributed by atoms with van der Waals surface area (Å²) in [5.41, 5.74) is 2.99. The van der Waals surface area contributed by atoms with Gasteiger partial charge in [-0.15, -0.1) is 0 Å². The van der Waals surface area contributed by atoms with E-state index in [2.05, 4.69) is 26.2 Å². The van der Waals surface area contributed by atoms with Crippen molar-refractivity contribution in [2.45, 2.75) is 13.0 Å². The molecule has 0 spiro atoms. The van der Waals surface area contributed by atoms with Crippen molar-refractivity contribution in [3.63, 3.8) is 0 Å². The molecule has 0 radical (unpaired) electrons. The Balaban J connectivity index is 1.74. The van der Waals surface area contributed by atoms with E-state index in [9.17, 15) is 4.79 Å². The van der Waals surface area contributed by atoms with Gasteiger partial charge in [0.1, 0.15) is 11.9 Å². The topological polar surface area (TPSA) is 74.7 Å². The summed E-state index contributed by atoms with van der Waals surface area (Å²) >= 11 is 3.36. The molecule has 1 fully saturated rings. The first-order chi connectivity index (χ1) is 11.5. The Morgan fingerprint density at radius 2 is 2.25 bits per heavy atom. The molecule has 1 atom stereocenters. The summed E-state index contributed by atoms with van der Waals surface area (Å²) in [5.74, 6) is 0.764. The fourth-order valence-electron chi connectivity index (χ4n) is 2.64. The van der Waals surface area contributed by atoms with Crippen LogP contribution in [-0.2, 0) is 4.74 Å². The lowest BCUT2D eigenvalue weighted by Crippen LogP contribution is -2.41. The zero-order chi connectivity index (χ0) is 17.1. The molecule has 0 aliphatic carbocycles. The van der Waals surface area contributed by atoms with Gasteiger partial charge in [-0.05, 0) is 52.2 Å². The summed E-state index contributed by atoms with van der Waals surface area (Å²) in [4.78, 5) is 16.8. The Hall–Kier alpha value is -2.12. The van der Waals surface area contributed by atoms with Gasteiger partial charge in [0.15, 0.2) is 0 Å². The summed E-state index contributed by atoms with van der Waals surface area (Å²) in [6.07, 6.45) is 0.607. The van der Waals surface area contributed by atoms with Crippen molar-refractivity contribution in [2.75, 3.05) is 25.0 Å². The van der Waals surface area contributed by atoms with Crippen molar-refractivity contribution in [3.05, 3.63) is 52.1 Å². The van der Waals surface area contributed by atoms with Crippen LogP contribution in [0, 0.1) is 6.92 Å². The van der Waals surface area contributed by atoms with E-state index < -0.39 is 6.09 Å². The van der Waals surface area contributed by atoms with E-state index in [0.717, 1.165) is 27.1 Å². The van der Waals surface area contributed by atoms with Crippen LogP contribution in [0.25, 0.3) is 0 Å². The molecule has 1 unspecified atom stereocenters. The summed E-state index contributed by atoms with van der Waals surface area (Å²) in [5, 5.41) is 12.4. The molecule has 1 saturated heterocycles. The number of morpholine rings is 1. The maximum atomic E-state index is 11.1. The number of halogens is 1. The second-order valence-corrected chi connectivity index (χ2v) is 6.56. The normalized spacial score (nSPS) is 17.6. The van der Waals surface area contributed by atoms with Crippen molar-refractivity contribution in [1.82, 2.24) is 9.88 Å². The molecule has 1 aromatic carbocycles. The smallest absolute Gasteiger partial charge is 0.407 e. The Morgan fingerprint density at radius 3 is 2.92 bits per heavy atom. The third kappa shape index (κ3) is 3.85. The van der Waals surface area contributed by atoms with Crippen LogP contribution in [0.2, 0.25) is 0 Å². The van der Waals surface area contributed by atoms with Crippen molar-refractivity contribution in [1.29, 1.82) is 0 Å². The Kier molecular flexibility index (Phi) is 5.01. The third-order valence-corrected chi connectivity index (χ3v) is 4.42. The number of aromatic nitrogens is 1. The minimum Gasteiger partial charge on any atom is -0.465 e. The van der Waals surface area contributed by atoms with Gasteiger partial charge in [0.25, 0.3) is 0 Å². The first-order valence-electron chi connectivity index (χ1n) is 7.61. The fraction of sp³-hybridized carbons (Fsp3) is 0.294. The maximum absolute atomic E-state index is 11.1. The molecule has 1 aliphatic heterocycles. The summed E-state index contributed by atoms with van der Waals surface area (Å²) < 4.78 is 6.66. The molecular weight excluding hydrogens is 374 g/mol. The van der Waals surface area contributed by atoms with E-state index in [-0.39, 0.29) is 6.10 Å². The molecule has 0 saturated carbocycles. The number of hydrogen-bond acceptors (Lipinski definition) is 4. The molecule has 126 valence electrons. The largest absolute Gasteiger partial charge is 0.465 e. The highest BCUT2D eigenvalue weighted by molar-refractivity contribution is 9.10. The molecule has 24 heavy (non-hydrogen) atoms. The zero-order valence-electron chi connectivity index (χ0n) is 13.2. The molecule has 2 N–H and O–H groups in total. The van der Waals surface area contributed by atoms with Gasteiger partial charge in [-0.1, -0.05) is 12.1 Å². The number of aryl methyl sites for hydroxylation is 1. The van der Waals surface area contributed by atoms with Gasteiger partial charge in [-0.3, -0.25) is 0 Å². The van der Waals surface area contributed by atoms with Crippen molar-refractivity contribution in [2.24, 2.45) is 0 Å². The van der Waals surface area contributed by atoms with E-state index in [1.54, 1.807) is 6.20 Å². The summed E-state index contributed by atoms with van der Waals surface area (Å²) in [7, 11) is 0. The van der Waals surface area contributed by atoms with Crippen LogP contribution in [-0.4, -0.2) is 40.8 Å². The number of amides is 1. The molecule has 2 heterocycles. The predicted octanol–water partition coefficient (Wildman–Crippen LogP) is 3.95. The highest BCUT2D eigenvalue weighted by Gasteiger charge is 2.25. The van der Waals surface area contributed by atoms with E-state index in [0.29, 0.717) is 19.7 Å². The molecule has 6 nitrogen and oxygen atoms in total. The van der Waals surface area contributed by atoms with E-state index >= 15 is 0 Å². The quantitative estimate of drug-likeness (QED) is 0.828. The minimum absolute atomic E-state index is 0.228. The molecule has 2 aromatic rings. The van der Waals surface area contributed by atoms with Crippen LogP contribution in [0.3, 0.4) is 0 Å². The Morgan fingerprint density at radius 1 is 1.42 bits per heavy atom. The molecule has 1 amide bonds. The lowest BCUT2D eigenvalue weighted by molar-refractivity contribution is -0.0232. The SMILES string of the molecule is Cc1cc(C2CN(C(=O)O)CCO2)ccc1Nc1ccc(Br)cn1. The molecule has 0 bridgehead atoms. The van der Waals surface area contributed by atoms with E-state index in [1.165, 1.54) is 4.90 Å². The first-order valence-corrected chi connectivity index (χ1v) is 8.41. The van der Waals surface area contributed by atoms with E-state index in [1.807, 2.05) is 37.3 Å². The van der Waals surface area contributed by atoms with Crippen LogP contribution in [0.4, 0.5) is 16.3 Å². The van der Waals surface area contributed by atoms with Crippen molar-refractivity contribution in [3.8, 4) is 0 Å². The van der Waals surface area contributed by atoms with Crippen molar-refractivity contribution < 1.29 is 14.6 Å². The van der Waals surface area contributed by atoms with Gasteiger partial charge in [0, 0.05) is 22.9 Å². The lowest BCUT2D eigenvalue weighted by atomic mass is 10.0. The number of anilines is 2. The average Bonchev–Trinajstić information content (AvgIpc) is 2.58. The maximum Gasteiger partial charge on any atom is 0.407 e. The number of nitrogens with zero attached hydrogens (tertiary/aromatic N) is 2. The lowest BCUT2D eigenvalue weighted by Gasteiger charge is -2.31. The van der Waals surface area contributed by atoms with Crippen molar-refractivity contribution >= 4 is 33.5 Å². The number of carboxylic acid groups (broad SMARTS) is 1. The third-order valence-electron chi connectivity index (χ3n) is 3.95. The number of nitrogens with one attached hydrogen (secondary N) is 1. The number of rotatable bonds is 3. The Labute approximate surface area is 148 Å². The molecule has 7 heteroatoms. The zero-order valence-corrected chi connectivity index (χ0v) is 14.8. The fourth-order valence-corrected chi connectivity index (χ4v) is 2.87. The number of pyridine rings is 1. The minimum atomic E-state index is -0.903. The van der Waals surface area contributed by atoms with Crippen LogP contribution in [0.1, 0.15) is 17.2 Å². The summed E-state index contributed by atoms with van der Waals surface area (Å²) in [6, 6.07) is 9.78.